The lowest BCUT2D eigenvalue weighted by molar-refractivity contribution is -0.129. The molecule has 9 heteroatoms. The van der Waals surface area contributed by atoms with Crippen molar-refractivity contribution in [2.24, 2.45) is 0 Å². The fourth-order valence-electron chi connectivity index (χ4n) is 4.28. The van der Waals surface area contributed by atoms with E-state index in [0.29, 0.717) is 37.1 Å². The number of carbonyl (C=O) groups excluding carboxylic acids is 1. The van der Waals surface area contributed by atoms with Gasteiger partial charge in [-0.2, -0.15) is 0 Å². The van der Waals surface area contributed by atoms with E-state index in [2.05, 4.69) is 16.3 Å². The van der Waals surface area contributed by atoms with Crippen molar-refractivity contribution in [3.8, 4) is 23.1 Å². The van der Waals surface area contributed by atoms with Gasteiger partial charge in [0.05, 0.1) is 31.3 Å². The number of furan rings is 1. The monoisotopic (exact) mass is 454 g/mol. The van der Waals surface area contributed by atoms with Crippen molar-refractivity contribution in [1.29, 1.82) is 0 Å². The highest BCUT2D eigenvalue weighted by molar-refractivity contribution is 7.99. The summed E-state index contributed by atoms with van der Waals surface area (Å²) in [6.45, 7) is 4.81. The largest absolute Gasteiger partial charge is 0.490 e. The zero-order chi connectivity index (χ0) is 21.9. The van der Waals surface area contributed by atoms with E-state index in [0.717, 1.165) is 48.0 Å². The Kier molecular flexibility index (Phi) is 6.07. The van der Waals surface area contributed by atoms with Crippen molar-refractivity contribution in [3.63, 3.8) is 0 Å². The Labute approximate surface area is 190 Å². The molecule has 0 N–H and O–H groups in total. The number of ether oxygens (including phenoxy) is 2. The molecule has 4 heterocycles. The summed E-state index contributed by atoms with van der Waals surface area (Å²) in [6.07, 6.45) is 4.43. The third-order valence-electron chi connectivity index (χ3n) is 5.83. The second-order valence-corrected chi connectivity index (χ2v) is 8.76. The summed E-state index contributed by atoms with van der Waals surface area (Å²) in [5.41, 5.74) is 1.10. The zero-order valence-corrected chi connectivity index (χ0v) is 18.8. The zero-order valence-electron chi connectivity index (χ0n) is 18.0. The van der Waals surface area contributed by atoms with Gasteiger partial charge < -0.3 is 18.8 Å². The van der Waals surface area contributed by atoms with Gasteiger partial charge in [0, 0.05) is 19.5 Å². The van der Waals surface area contributed by atoms with Gasteiger partial charge in [0.1, 0.15) is 0 Å². The average Bonchev–Trinajstić information content (AvgIpc) is 3.55. The Morgan fingerprint density at radius 3 is 2.84 bits per heavy atom. The highest BCUT2D eigenvalue weighted by Gasteiger charge is 2.31. The summed E-state index contributed by atoms with van der Waals surface area (Å²) in [5.74, 6) is 3.33. The van der Waals surface area contributed by atoms with Crippen LogP contribution in [0.4, 0.5) is 0 Å². The Bertz CT molecular complexity index is 1080. The van der Waals surface area contributed by atoms with Crippen LogP contribution in [0.3, 0.4) is 0 Å². The standard InChI is InChI=1S/C23H26N4O4S/c1-2-26-22(19-7-4-11-30-19)24-25-23(26)32-15-21(28)27-10-3-6-17(27)16-8-9-18-20(14-16)31-13-5-12-29-18/h4,7-9,11,14,17H,2-3,5-6,10,12-13,15H2,1H3/t17-/m1/s1. The summed E-state index contributed by atoms with van der Waals surface area (Å²) >= 11 is 1.42. The number of hydrogen-bond donors (Lipinski definition) is 0. The van der Waals surface area contributed by atoms with Crippen LogP contribution in [0.5, 0.6) is 11.5 Å². The second kappa shape index (κ2) is 9.28. The molecule has 8 nitrogen and oxygen atoms in total. The Morgan fingerprint density at radius 1 is 1.16 bits per heavy atom. The predicted octanol–water partition coefficient (Wildman–Crippen LogP) is 4.18. The number of amides is 1. The van der Waals surface area contributed by atoms with Gasteiger partial charge in [-0.15, -0.1) is 10.2 Å². The molecule has 0 unspecified atom stereocenters. The van der Waals surface area contributed by atoms with Gasteiger partial charge in [-0.1, -0.05) is 17.8 Å². The number of likely N-dealkylation sites (tertiary alicyclic amines) is 1. The average molecular weight is 455 g/mol. The summed E-state index contributed by atoms with van der Waals surface area (Å²) in [6, 6.07) is 9.80. The first-order chi connectivity index (χ1) is 15.7. The lowest BCUT2D eigenvalue weighted by Crippen LogP contribution is -2.32. The van der Waals surface area contributed by atoms with Crippen LogP contribution in [0.15, 0.2) is 46.2 Å². The van der Waals surface area contributed by atoms with E-state index in [1.54, 1.807) is 6.26 Å². The van der Waals surface area contributed by atoms with Crippen LogP contribution in [0.25, 0.3) is 11.6 Å². The van der Waals surface area contributed by atoms with Gasteiger partial charge in [-0.25, -0.2) is 0 Å². The van der Waals surface area contributed by atoms with E-state index in [4.69, 9.17) is 13.9 Å². The van der Waals surface area contributed by atoms with Gasteiger partial charge in [0.15, 0.2) is 28.2 Å². The third-order valence-corrected chi connectivity index (χ3v) is 6.78. The Balaban J connectivity index is 1.28. The SMILES string of the molecule is CCn1c(SCC(=O)N2CCC[C@@H]2c2ccc3c(c2)OCCCO3)nnc1-c1ccco1. The maximum Gasteiger partial charge on any atom is 0.233 e. The molecule has 1 saturated heterocycles. The molecular formula is C23H26N4O4S. The minimum Gasteiger partial charge on any atom is -0.490 e. The summed E-state index contributed by atoms with van der Waals surface area (Å²) in [7, 11) is 0. The van der Waals surface area contributed by atoms with Crippen LogP contribution in [0, 0.1) is 0 Å². The molecule has 1 amide bonds. The molecule has 1 fully saturated rings. The van der Waals surface area contributed by atoms with Crippen molar-refractivity contribution in [1.82, 2.24) is 19.7 Å². The minimum atomic E-state index is 0.0583. The number of hydrogen-bond acceptors (Lipinski definition) is 7. The number of carbonyl (C=O) groups is 1. The number of nitrogens with zero attached hydrogens (tertiary/aromatic N) is 4. The smallest absolute Gasteiger partial charge is 0.233 e. The van der Waals surface area contributed by atoms with Gasteiger partial charge in [0.2, 0.25) is 5.91 Å². The summed E-state index contributed by atoms with van der Waals surface area (Å²) < 4.78 is 19.0. The molecule has 5 rings (SSSR count). The highest BCUT2D eigenvalue weighted by atomic mass is 32.2. The topological polar surface area (TPSA) is 82.6 Å². The molecule has 2 aromatic heterocycles. The van der Waals surface area contributed by atoms with Crippen LogP contribution >= 0.6 is 11.8 Å². The molecule has 3 aromatic rings. The van der Waals surface area contributed by atoms with Crippen LogP contribution < -0.4 is 9.47 Å². The van der Waals surface area contributed by atoms with Crippen LogP contribution in [-0.4, -0.2) is 51.1 Å². The van der Waals surface area contributed by atoms with E-state index in [9.17, 15) is 4.79 Å². The Morgan fingerprint density at radius 2 is 2.03 bits per heavy atom. The van der Waals surface area contributed by atoms with Crippen molar-refractivity contribution in [2.45, 2.75) is 43.9 Å². The normalized spacial score (nSPS) is 18.0. The first-order valence-electron chi connectivity index (χ1n) is 11.0. The van der Waals surface area contributed by atoms with Crippen LogP contribution in [0.2, 0.25) is 0 Å². The number of aromatic nitrogens is 3. The Hall–Kier alpha value is -2.94. The minimum absolute atomic E-state index is 0.0583. The summed E-state index contributed by atoms with van der Waals surface area (Å²) in [4.78, 5) is 15.1. The first-order valence-corrected chi connectivity index (χ1v) is 12.0. The maximum absolute atomic E-state index is 13.2. The first kappa shape index (κ1) is 20.9. The van der Waals surface area contributed by atoms with Crippen molar-refractivity contribution in [3.05, 3.63) is 42.2 Å². The lowest BCUT2D eigenvalue weighted by atomic mass is 10.0. The fourth-order valence-corrected chi connectivity index (χ4v) is 5.17. The van der Waals surface area contributed by atoms with Crippen LogP contribution in [-0.2, 0) is 11.3 Å². The number of fused-ring (bicyclic) bond motifs is 1. The second-order valence-electron chi connectivity index (χ2n) is 7.82. The quantitative estimate of drug-likeness (QED) is 0.517. The van der Waals surface area contributed by atoms with Crippen molar-refractivity contribution in [2.75, 3.05) is 25.5 Å². The van der Waals surface area contributed by atoms with Gasteiger partial charge >= 0.3 is 0 Å². The number of benzene rings is 1. The highest BCUT2D eigenvalue weighted by Crippen LogP contribution is 2.38. The molecule has 1 atom stereocenters. The molecule has 2 aliphatic heterocycles. The number of rotatable bonds is 6. The molecule has 168 valence electrons. The lowest BCUT2D eigenvalue weighted by Gasteiger charge is -2.25. The van der Waals surface area contributed by atoms with Gasteiger partial charge in [-0.05, 0) is 49.6 Å². The van der Waals surface area contributed by atoms with Gasteiger partial charge in [-0.3, -0.25) is 9.36 Å². The van der Waals surface area contributed by atoms with Crippen molar-refractivity contribution < 1.29 is 18.7 Å². The molecule has 0 radical (unpaired) electrons. The van der Waals surface area contributed by atoms with E-state index < -0.39 is 0 Å². The molecular weight excluding hydrogens is 428 g/mol. The van der Waals surface area contributed by atoms with E-state index >= 15 is 0 Å². The third kappa shape index (κ3) is 4.09. The predicted molar refractivity (Wildman–Crippen MR) is 120 cm³/mol. The van der Waals surface area contributed by atoms with E-state index in [1.807, 2.05) is 40.7 Å². The molecule has 2 aliphatic rings. The molecule has 0 spiro atoms. The molecule has 1 aromatic carbocycles. The number of thioether (sulfide) groups is 1. The van der Waals surface area contributed by atoms with E-state index in [1.165, 1.54) is 11.8 Å². The maximum atomic E-state index is 13.2. The fraction of sp³-hybridized carbons (Fsp3) is 0.435. The van der Waals surface area contributed by atoms with E-state index in [-0.39, 0.29) is 11.9 Å². The van der Waals surface area contributed by atoms with Crippen molar-refractivity contribution >= 4 is 17.7 Å². The molecule has 32 heavy (non-hydrogen) atoms. The summed E-state index contributed by atoms with van der Waals surface area (Å²) in [5, 5.41) is 9.28. The molecule has 0 aliphatic carbocycles. The molecule has 0 saturated carbocycles. The van der Waals surface area contributed by atoms with Crippen LogP contribution in [0.1, 0.15) is 37.8 Å². The molecule has 0 bridgehead atoms. The van der Waals surface area contributed by atoms with Gasteiger partial charge in [0.25, 0.3) is 0 Å².